The minimum absolute atomic E-state index is 0.0794. The second-order valence-corrected chi connectivity index (χ2v) is 3.79. The van der Waals surface area contributed by atoms with Gasteiger partial charge in [0, 0.05) is 12.4 Å². The van der Waals surface area contributed by atoms with Crippen LogP contribution in [0.25, 0.3) is 0 Å². The summed E-state index contributed by atoms with van der Waals surface area (Å²) in [6, 6.07) is 9.74. The molecule has 0 heterocycles. The number of hydrogen-bond acceptors (Lipinski definition) is 1. The van der Waals surface area contributed by atoms with E-state index in [9.17, 15) is 4.79 Å². The van der Waals surface area contributed by atoms with Crippen LogP contribution >= 0.6 is 11.6 Å². The molecular weight excluding hydrogens is 210 g/mol. The summed E-state index contributed by atoms with van der Waals surface area (Å²) in [5.41, 5.74) is 1.05. The second-order valence-electron chi connectivity index (χ2n) is 3.41. The van der Waals surface area contributed by atoms with Gasteiger partial charge < -0.3 is 5.32 Å². The monoisotopic (exact) mass is 225 g/mol. The molecule has 82 valence electrons. The summed E-state index contributed by atoms with van der Waals surface area (Å²) in [6.45, 7) is 0.721. The van der Waals surface area contributed by atoms with Crippen molar-refractivity contribution in [3.63, 3.8) is 0 Å². The van der Waals surface area contributed by atoms with E-state index in [-0.39, 0.29) is 5.91 Å². The molecule has 0 bridgehead atoms. The Hall–Kier alpha value is -1.02. The molecule has 0 radical (unpaired) electrons. The first-order valence-electron chi connectivity index (χ1n) is 5.19. The van der Waals surface area contributed by atoms with Crippen LogP contribution < -0.4 is 5.32 Å². The normalized spacial score (nSPS) is 9.93. The third kappa shape index (κ3) is 5.43. The summed E-state index contributed by atoms with van der Waals surface area (Å²) in [5.74, 6) is 0.741. The first kappa shape index (κ1) is 12.1. The Bertz CT molecular complexity index is 287. The SMILES string of the molecule is O=C(Cc1ccccc1)NCCCCCl. The molecule has 1 N–H and O–H groups in total. The number of alkyl halides is 1. The fourth-order valence-corrected chi connectivity index (χ4v) is 1.48. The summed E-state index contributed by atoms with van der Waals surface area (Å²) in [4.78, 5) is 11.4. The minimum Gasteiger partial charge on any atom is -0.356 e. The van der Waals surface area contributed by atoms with E-state index < -0.39 is 0 Å². The number of nitrogens with one attached hydrogen (secondary N) is 1. The molecule has 0 aliphatic heterocycles. The van der Waals surface area contributed by atoms with Gasteiger partial charge in [0.15, 0.2) is 0 Å². The highest BCUT2D eigenvalue weighted by Gasteiger charge is 2.01. The molecule has 1 rings (SSSR count). The Labute approximate surface area is 95.6 Å². The van der Waals surface area contributed by atoms with Gasteiger partial charge in [-0.25, -0.2) is 0 Å². The molecule has 15 heavy (non-hydrogen) atoms. The molecule has 0 unspecified atom stereocenters. The molecule has 3 heteroatoms. The fraction of sp³-hybridized carbons (Fsp3) is 0.417. The van der Waals surface area contributed by atoms with Crippen molar-refractivity contribution in [2.24, 2.45) is 0 Å². The number of rotatable bonds is 6. The Morgan fingerprint density at radius 1 is 1.20 bits per heavy atom. The van der Waals surface area contributed by atoms with Gasteiger partial charge in [0.25, 0.3) is 0 Å². The topological polar surface area (TPSA) is 29.1 Å². The number of unbranched alkanes of at least 4 members (excludes halogenated alkanes) is 1. The Kier molecular flexibility index (Phi) is 5.86. The van der Waals surface area contributed by atoms with Gasteiger partial charge >= 0.3 is 0 Å². The maximum Gasteiger partial charge on any atom is 0.224 e. The molecule has 0 saturated carbocycles. The summed E-state index contributed by atoms with van der Waals surface area (Å²) in [6.07, 6.45) is 2.36. The summed E-state index contributed by atoms with van der Waals surface area (Å²) in [5, 5.41) is 2.87. The van der Waals surface area contributed by atoms with Crippen LogP contribution in [0, 0.1) is 0 Å². The minimum atomic E-state index is 0.0794. The van der Waals surface area contributed by atoms with Gasteiger partial charge in [0.1, 0.15) is 0 Å². The summed E-state index contributed by atoms with van der Waals surface area (Å²) >= 11 is 5.53. The van der Waals surface area contributed by atoms with E-state index >= 15 is 0 Å². The molecular formula is C12H16ClNO. The molecule has 0 aliphatic rings. The zero-order valence-corrected chi connectivity index (χ0v) is 9.46. The van der Waals surface area contributed by atoms with Gasteiger partial charge in [-0.15, -0.1) is 11.6 Å². The van der Waals surface area contributed by atoms with Gasteiger partial charge in [0.2, 0.25) is 5.91 Å². The van der Waals surface area contributed by atoms with Crippen LogP contribution in [0.2, 0.25) is 0 Å². The van der Waals surface area contributed by atoms with E-state index in [2.05, 4.69) is 5.32 Å². The number of benzene rings is 1. The first-order chi connectivity index (χ1) is 7.33. The molecule has 0 aliphatic carbocycles. The standard InChI is InChI=1S/C12H16ClNO/c13-8-4-5-9-14-12(15)10-11-6-2-1-3-7-11/h1-3,6-7H,4-5,8-10H2,(H,14,15). The van der Waals surface area contributed by atoms with Crippen molar-refractivity contribution in [3.05, 3.63) is 35.9 Å². The highest BCUT2D eigenvalue weighted by atomic mass is 35.5. The Morgan fingerprint density at radius 2 is 1.93 bits per heavy atom. The van der Waals surface area contributed by atoms with Gasteiger partial charge in [-0.05, 0) is 18.4 Å². The molecule has 1 aromatic rings. The zero-order valence-electron chi connectivity index (χ0n) is 8.71. The quantitative estimate of drug-likeness (QED) is 0.585. The van der Waals surface area contributed by atoms with E-state index in [4.69, 9.17) is 11.6 Å². The van der Waals surface area contributed by atoms with Gasteiger partial charge in [0.05, 0.1) is 6.42 Å². The largest absolute Gasteiger partial charge is 0.356 e. The van der Waals surface area contributed by atoms with Crippen molar-refractivity contribution >= 4 is 17.5 Å². The number of carbonyl (C=O) groups is 1. The molecule has 0 aromatic heterocycles. The number of halogens is 1. The fourth-order valence-electron chi connectivity index (χ4n) is 1.29. The smallest absolute Gasteiger partial charge is 0.224 e. The Balaban J connectivity index is 2.19. The van der Waals surface area contributed by atoms with Crippen LogP contribution in [-0.2, 0) is 11.2 Å². The van der Waals surface area contributed by atoms with E-state index in [1.54, 1.807) is 0 Å². The summed E-state index contributed by atoms with van der Waals surface area (Å²) < 4.78 is 0. The third-order valence-corrected chi connectivity index (χ3v) is 2.36. The lowest BCUT2D eigenvalue weighted by atomic mass is 10.1. The van der Waals surface area contributed by atoms with Crippen LogP contribution in [0.4, 0.5) is 0 Å². The predicted octanol–water partition coefficient (Wildman–Crippen LogP) is 2.36. The average molecular weight is 226 g/mol. The first-order valence-corrected chi connectivity index (χ1v) is 5.73. The summed E-state index contributed by atoms with van der Waals surface area (Å²) in [7, 11) is 0. The van der Waals surface area contributed by atoms with Crippen molar-refractivity contribution in [2.75, 3.05) is 12.4 Å². The zero-order chi connectivity index (χ0) is 10.9. The molecule has 1 amide bonds. The van der Waals surface area contributed by atoms with Crippen LogP contribution in [0.3, 0.4) is 0 Å². The Morgan fingerprint density at radius 3 is 2.60 bits per heavy atom. The van der Waals surface area contributed by atoms with Gasteiger partial charge in [-0.2, -0.15) is 0 Å². The molecule has 0 atom stereocenters. The maximum atomic E-state index is 11.4. The maximum absolute atomic E-state index is 11.4. The average Bonchev–Trinajstić information content (AvgIpc) is 2.26. The van der Waals surface area contributed by atoms with E-state index in [0.717, 1.165) is 24.9 Å². The van der Waals surface area contributed by atoms with Crippen molar-refractivity contribution in [2.45, 2.75) is 19.3 Å². The molecule has 1 aromatic carbocycles. The molecule has 0 saturated heterocycles. The van der Waals surface area contributed by atoms with Crippen LogP contribution in [0.5, 0.6) is 0 Å². The van der Waals surface area contributed by atoms with Crippen LogP contribution in [0.15, 0.2) is 30.3 Å². The highest BCUT2D eigenvalue weighted by Crippen LogP contribution is 1.99. The number of carbonyl (C=O) groups excluding carboxylic acids is 1. The van der Waals surface area contributed by atoms with E-state index in [0.29, 0.717) is 12.3 Å². The van der Waals surface area contributed by atoms with Crippen molar-refractivity contribution < 1.29 is 4.79 Å². The van der Waals surface area contributed by atoms with Gasteiger partial charge in [-0.3, -0.25) is 4.79 Å². The third-order valence-electron chi connectivity index (χ3n) is 2.09. The van der Waals surface area contributed by atoms with Crippen molar-refractivity contribution in [1.82, 2.24) is 5.32 Å². The lowest BCUT2D eigenvalue weighted by Gasteiger charge is -2.04. The second kappa shape index (κ2) is 7.30. The predicted molar refractivity (Wildman–Crippen MR) is 63.1 cm³/mol. The molecule has 0 spiro atoms. The van der Waals surface area contributed by atoms with Crippen molar-refractivity contribution in [3.8, 4) is 0 Å². The number of hydrogen-bond donors (Lipinski definition) is 1. The van der Waals surface area contributed by atoms with Gasteiger partial charge in [-0.1, -0.05) is 30.3 Å². The number of amides is 1. The van der Waals surface area contributed by atoms with Crippen LogP contribution in [0.1, 0.15) is 18.4 Å². The van der Waals surface area contributed by atoms with E-state index in [1.807, 2.05) is 30.3 Å². The molecule has 0 fully saturated rings. The highest BCUT2D eigenvalue weighted by molar-refractivity contribution is 6.17. The lowest BCUT2D eigenvalue weighted by Crippen LogP contribution is -2.26. The van der Waals surface area contributed by atoms with Crippen LogP contribution in [-0.4, -0.2) is 18.3 Å². The van der Waals surface area contributed by atoms with E-state index in [1.165, 1.54) is 0 Å². The van der Waals surface area contributed by atoms with Crippen molar-refractivity contribution in [1.29, 1.82) is 0 Å². The lowest BCUT2D eigenvalue weighted by molar-refractivity contribution is -0.120. The molecule has 2 nitrogen and oxygen atoms in total.